The lowest BCUT2D eigenvalue weighted by atomic mass is 10.00. The summed E-state index contributed by atoms with van der Waals surface area (Å²) < 4.78 is 15.6. The summed E-state index contributed by atoms with van der Waals surface area (Å²) in [5.74, 6) is 0. The molecule has 4 nitrogen and oxygen atoms in total. The monoisotopic (exact) mass is 559 g/mol. The number of halogens is 2. The molecule has 1 heterocycles. The molecule has 0 saturated heterocycles. The first-order valence-electron chi connectivity index (χ1n) is 10.1. The summed E-state index contributed by atoms with van der Waals surface area (Å²) in [6.45, 7) is 0.690. The average molecular weight is 561 g/mol. The minimum Gasteiger partial charge on any atom is -0.340 e. The lowest BCUT2D eigenvalue weighted by Gasteiger charge is -2.10. The van der Waals surface area contributed by atoms with E-state index in [0.29, 0.717) is 19.4 Å². The maximum atomic E-state index is 11.3. The van der Waals surface area contributed by atoms with Gasteiger partial charge in [-0.05, 0) is 46.5 Å². The van der Waals surface area contributed by atoms with E-state index in [0.717, 1.165) is 20.0 Å². The van der Waals surface area contributed by atoms with Crippen molar-refractivity contribution in [2.75, 3.05) is 6.16 Å². The van der Waals surface area contributed by atoms with Crippen LogP contribution in [-0.4, -0.2) is 20.5 Å². The van der Waals surface area contributed by atoms with Gasteiger partial charge in [0.05, 0.1) is 11.0 Å². The van der Waals surface area contributed by atoms with Gasteiger partial charge in [-0.25, -0.2) is 0 Å². The molecule has 0 spiro atoms. The highest BCUT2D eigenvalue weighted by atomic mass is 79.9. The van der Waals surface area contributed by atoms with Crippen molar-refractivity contribution in [3.05, 3.63) is 69.6 Å². The van der Waals surface area contributed by atoms with Crippen LogP contribution in [0.25, 0.3) is 43.4 Å². The van der Waals surface area contributed by atoms with Gasteiger partial charge >= 0.3 is 7.60 Å². The molecule has 0 bridgehead atoms. The Morgan fingerprint density at radius 1 is 0.742 bits per heavy atom. The molecule has 0 fully saturated rings. The third kappa shape index (κ3) is 3.75. The fourth-order valence-corrected chi connectivity index (χ4v) is 6.30. The van der Waals surface area contributed by atoms with Crippen molar-refractivity contribution < 1.29 is 14.4 Å². The molecule has 0 saturated carbocycles. The smallest absolute Gasteiger partial charge is 0.325 e. The summed E-state index contributed by atoms with van der Waals surface area (Å²) in [6.07, 6.45) is 1.09. The maximum absolute atomic E-state index is 11.3. The molecule has 0 amide bonds. The summed E-state index contributed by atoms with van der Waals surface area (Å²) in [7, 11) is -3.97. The van der Waals surface area contributed by atoms with Crippen molar-refractivity contribution in [1.82, 2.24) is 4.57 Å². The molecule has 0 aliphatic carbocycles. The highest BCUT2D eigenvalue weighted by Crippen LogP contribution is 2.43. The minimum absolute atomic E-state index is 0.0800. The topological polar surface area (TPSA) is 62.5 Å². The first-order valence-corrected chi connectivity index (χ1v) is 13.5. The second kappa shape index (κ2) is 8.02. The quantitative estimate of drug-likeness (QED) is 0.172. The van der Waals surface area contributed by atoms with Gasteiger partial charge in [-0.15, -0.1) is 0 Å². The van der Waals surface area contributed by atoms with Crippen LogP contribution in [0, 0.1) is 0 Å². The molecule has 0 radical (unpaired) electrons. The van der Waals surface area contributed by atoms with Crippen LogP contribution in [0.5, 0.6) is 0 Å². The van der Waals surface area contributed by atoms with Gasteiger partial charge in [0.15, 0.2) is 0 Å². The number of hydrogen-bond acceptors (Lipinski definition) is 1. The average Bonchev–Trinajstić information content (AvgIpc) is 3.04. The highest BCUT2D eigenvalue weighted by Gasteiger charge is 2.19. The Labute approximate surface area is 196 Å². The van der Waals surface area contributed by atoms with Crippen LogP contribution in [-0.2, 0) is 11.1 Å². The van der Waals surface area contributed by atoms with Gasteiger partial charge < -0.3 is 14.4 Å². The van der Waals surface area contributed by atoms with Crippen molar-refractivity contribution in [1.29, 1.82) is 0 Å². The van der Waals surface area contributed by atoms with Crippen LogP contribution in [0.4, 0.5) is 0 Å². The number of unbranched alkanes of at least 4 members (excludes halogenated alkanes) is 1. The molecule has 5 rings (SSSR count). The van der Waals surface area contributed by atoms with Crippen LogP contribution >= 0.6 is 39.5 Å². The number of hydrogen-bond donors (Lipinski definition) is 2. The second-order valence-corrected chi connectivity index (χ2v) is 11.3. The Bertz CT molecular complexity index is 1420. The lowest BCUT2D eigenvalue weighted by Crippen LogP contribution is -1.99. The van der Waals surface area contributed by atoms with Gasteiger partial charge in [0.25, 0.3) is 0 Å². The fraction of sp³-hybridized carbons (Fsp3) is 0.167. The standard InChI is InChI=1S/C24H20Br2NO3P/c25-19-13-21-23(17-9-3-1-7-15(17)19)24-18-10-4-2-8-16(18)20(26)14-22(24)27(21)11-5-6-12-31(28,29)30/h1-4,7-10,13-14H,5-6,11-12H2,(H2,28,29,30). The third-order valence-electron chi connectivity index (χ3n) is 5.86. The van der Waals surface area contributed by atoms with Crippen LogP contribution in [0.1, 0.15) is 12.8 Å². The van der Waals surface area contributed by atoms with E-state index in [1.54, 1.807) is 0 Å². The van der Waals surface area contributed by atoms with Crippen molar-refractivity contribution in [2.24, 2.45) is 0 Å². The number of benzene rings is 4. The van der Waals surface area contributed by atoms with E-state index in [-0.39, 0.29) is 6.16 Å². The number of aryl methyl sites for hydroxylation is 1. The summed E-state index contributed by atoms with van der Waals surface area (Å²) in [5, 5.41) is 7.15. The highest BCUT2D eigenvalue weighted by molar-refractivity contribution is 9.11. The first kappa shape index (κ1) is 21.2. The van der Waals surface area contributed by atoms with E-state index in [1.165, 1.54) is 32.3 Å². The lowest BCUT2D eigenvalue weighted by molar-refractivity contribution is 0.370. The molecule has 1 aromatic heterocycles. The molecule has 158 valence electrons. The van der Waals surface area contributed by atoms with Crippen molar-refractivity contribution >= 4 is 82.8 Å². The third-order valence-corrected chi connectivity index (χ3v) is 8.07. The Hall–Kier alpha value is -1.69. The van der Waals surface area contributed by atoms with Gasteiger partial charge in [-0.2, -0.15) is 0 Å². The van der Waals surface area contributed by atoms with E-state index < -0.39 is 7.60 Å². The predicted molar refractivity (Wildman–Crippen MR) is 136 cm³/mol. The fourth-order valence-electron chi connectivity index (χ4n) is 4.54. The molecule has 2 N–H and O–H groups in total. The molecule has 7 heteroatoms. The van der Waals surface area contributed by atoms with Crippen LogP contribution < -0.4 is 0 Å². The second-order valence-electron chi connectivity index (χ2n) is 7.84. The Morgan fingerprint density at radius 3 is 1.65 bits per heavy atom. The van der Waals surface area contributed by atoms with Crippen molar-refractivity contribution in [3.8, 4) is 0 Å². The number of fused-ring (bicyclic) bond motifs is 7. The van der Waals surface area contributed by atoms with Crippen LogP contribution in [0.3, 0.4) is 0 Å². The molecular formula is C24H20Br2NO3P. The summed E-state index contributed by atoms with van der Waals surface area (Å²) in [6, 6.07) is 21.2. The van der Waals surface area contributed by atoms with E-state index in [4.69, 9.17) is 0 Å². The molecular weight excluding hydrogens is 541 g/mol. The van der Waals surface area contributed by atoms with E-state index in [1.807, 2.05) is 0 Å². The van der Waals surface area contributed by atoms with Gasteiger partial charge in [-0.3, -0.25) is 4.57 Å². The molecule has 4 aromatic carbocycles. The van der Waals surface area contributed by atoms with Crippen LogP contribution in [0.2, 0.25) is 0 Å². The minimum atomic E-state index is -3.97. The molecule has 0 aliphatic heterocycles. The zero-order valence-electron chi connectivity index (χ0n) is 16.6. The number of aromatic nitrogens is 1. The number of nitrogens with zero attached hydrogens (tertiary/aromatic N) is 1. The molecule has 0 atom stereocenters. The zero-order chi connectivity index (χ0) is 21.8. The number of rotatable bonds is 5. The van der Waals surface area contributed by atoms with Crippen molar-refractivity contribution in [2.45, 2.75) is 19.4 Å². The SMILES string of the molecule is O=P(O)(O)CCCCn1c2cc(Br)c3ccccc3c2c2c3ccccc3c(Br)cc21. The van der Waals surface area contributed by atoms with E-state index >= 15 is 0 Å². The van der Waals surface area contributed by atoms with E-state index in [2.05, 4.69) is 97.1 Å². The molecule has 31 heavy (non-hydrogen) atoms. The molecule has 0 unspecified atom stereocenters. The van der Waals surface area contributed by atoms with Gasteiger partial charge in [0, 0.05) is 32.4 Å². The molecule has 5 aromatic rings. The van der Waals surface area contributed by atoms with Crippen molar-refractivity contribution in [3.63, 3.8) is 0 Å². The van der Waals surface area contributed by atoms with Gasteiger partial charge in [-0.1, -0.05) is 80.4 Å². The van der Waals surface area contributed by atoms with E-state index in [9.17, 15) is 14.4 Å². The Kier molecular flexibility index (Phi) is 5.48. The Balaban J connectivity index is 1.83. The Morgan fingerprint density at radius 2 is 1.19 bits per heavy atom. The zero-order valence-corrected chi connectivity index (χ0v) is 20.6. The van der Waals surface area contributed by atoms with Gasteiger partial charge in [0.1, 0.15) is 0 Å². The predicted octanol–water partition coefficient (Wildman–Crippen LogP) is 7.58. The van der Waals surface area contributed by atoms with Crippen LogP contribution in [0.15, 0.2) is 69.6 Å². The summed E-state index contributed by atoms with van der Waals surface area (Å²) in [4.78, 5) is 18.4. The first-order chi connectivity index (χ1) is 14.8. The molecule has 0 aliphatic rings. The maximum Gasteiger partial charge on any atom is 0.325 e. The largest absolute Gasteiger partial charge is 0.340 e. The summed E-state index contributed by atoms with van der Waals surface area (Å²) >= 11 is 7.51. The normalized spacial score (nSPS) is 12.5. The van der Waals surface area contributed by atoms with Gasteiger partial charge in [0.2, 0.25) is 0 Å². The summed E-state index contributed by atoms with van der Waals surface area (Å²) in [5.41, 5.74) is 2.25.